The molecular weight excluding hydrogens is 433 g/mol. The third-order valence-corrected chi connectivity index (χ3v) is 6.11. The molecule has 3 rings (SSSR count). The molecule has 1 N–H and O–H groups in total. The fourth-order valence-corrected chi connectivity index (χ4v) is 4.06. The summed E-state index contributed by atoms with van der Waals surface area (Å²) in [4.78, 5) is 35.0. The van der Waals surface area contributed by atoms with Crippen molar-refractivity contribution >= 4 is 57.2 Å². The van der Waals surface area contributed by atoms with Gasteiger partial charge in [-0.25, -0.2) is 4.98 Å². The first-order chi connectivity index (χ1) is 13.9. The molecule has 1 saturated heterocycles. The fraction of sp³-hybridized carbons (Fsp3) is 0.421. The van der Waals surface area contributed by atoms with Crippen LogP contribution in [-0.2, 0) is 4.79 Å². The minimum atomic E-state index is -0.299. The molecule has 0 saturated carbocycles. The second kappa shape index (κ2) is 9.75. The maximum atomic E-state index is 12.7. The summed E-state index contributed by atoms with van der Waals surface area (Å²) in [6.45, 7) is 6.26. The van der Waals surface area contributed by atoms with Crippen molar-refractivity contribution in [1.82, 2.24) is 19.7 Å². The summed E-state index contributed by atoms with van der Waals surface area (Å²) in [6.07, 6.45) is 0. The zero-order chi connectivity index (χ0) is 21.0. The number of halogens is 2. The van der Waals surface area contributed by atoms with E-state index < -0.39 is 0 Å². The van der Waals surface area contributed by atoms with E-state index in [9.17, 15) is 9.59 Å². The number of carbonyl (C=O) groups excluding carboxylic acids is 2. The Kier molecular flexibility index (Phi) is 7.34. The molecule has 1 aromatic carbocycles. The molecule has 2 heterocycles. The summed E-state index contributed by atoms with van der Waals surface area (Å²) >= 11 is 13.4. The minimum absolute atomic E-state index is 0.0331. The average molecular weight is 456 g/mol. The monoisotopic (exact) mass is 455 g/mol. The second-order valence-corrected chi connectivity index (χ2v) is 8.47. The number of likely N-dealkylation sites (N-methyl/N-ethyl adjacent to an activating group) is 2. The maximum absolute atomic E-state index is 12.7. The van der Waals surface area contributed by atoms with Gasteiger partial charge in [0.2, 0.25) is 5.91 Å². The summed E-state index contributed by atoms with van der Waals surface area (Å²) in [5.41, 5.74) is 0.893. The van der Waals surface area contributed by atoms with Crippen LogP contribution in [0.3, 0.4) is 0 Å². The third kappa shape index (κ3) is 5.60. The summed E-state index contributed by atoms with van der Waals surface area (Å²) in [5, 5.41) is 6.30. The summed E-state index contributed by atoms with van der Waals surface area (Å²) in [7, 11) is 1.61. The number of nitrogens with zero attached hydrogens (tertiary/aromatic N) is 4. The predicted molar refractivity (Wildman–Crippen MR) is 118 cm³/mol. The van der Waals surface area contributed by atoms with Gasteiger partial charge in [-0.2, -0.15) is 0 Å². The van der Waals surface area contributed by atoms with Gasteiger partial charge >= 0.3 is 0 Å². The van der Waals surface area contributed by atoms with Crippen LogP contribution in [0.4, 0.5) is 10.8 Å². The van der Waals surface area contributed by atoms with Crippen molar-refractivity contribution in [3.63, 3.8) is 0 Å². The number of benzene rings is 1. The quantitative estimate of drug-likeness (QED) is 0.722. The van der Waals surface area contributed by atoms with Gasteiger partial charge in [0.05, 0.1) is 17.3 Å². The van der Waals surface area contributed by atoms with Gasteiger partial charge in [0.25, 0.3) is 5.91 Å². The molecule has 2 aromatic rings. The van der Waals surface area contributed by atoms with E-state index in [0.29, 0.717) is 34.0 Å². The number of piperazine rings is 1. The lowest BCUT2D eigenvalue weighted by atomic mass is 10.3. The molecule has 1 fully saturated rings. The predicted octanol–water partition coefficient (Wildman–Crippen LogP) is 3.43. The van der Waals surface area contributed by atoms with Gasteiger partial charge in [-0.15, -0.1) is 11.3 Å². The van der Waals surface area contributed by atoms with Gasteiger partial charge < -0.3 is 20.0 Å². The van der Waals surface area contributed by atoms with E-state index in [1.165, 1.54) is 16.2 Å². The Morgan fingerprint density at radius 3 is 2.66 bits per heavy atom. The van der Waals surface area contributed by atoms with Crippen LogP contribution < -0.4 is 5.32 Å². The molecule has 1 aliphatic heterocycles. The van der Waals surface area contributed by atoms with Gasteiger partial charge in [0.15, 0.2) is 5.13 Å². The number of anilines is 2. The molecule has 0 spiro atoms. The van der Waals surface area contributed by atoms with E-state index in [1.54, 1.807) is 30.6 Å². The lowest BCUT2D eigenvalue weighted by Gasteiger charge is -2.34. The molecule has 1 aromatic heterocycles. The van der Waals surface area contributed by atoms with Crippen LogP contribution in [0.1, 0.15) is 17.4 Å². The Morgan fingerprint density at radius 2 is 1.97 bits per heavy atom. The van der Waals surface area contributed by atoms with Crippen LogP contribution in [0.5, 0.6) is 0 Å². The topological polar surface area (TPSA) is 68.8 Å². The van der Waals surface area contributed by atoms with E-state index in [1.807, 2.05) is 4.90 Å². The van der Waals surface area contributed by atoms with Gasteiger partial charge in [0, 0.05) is 43.6 Å². The SMILES string of the molecule is CCN1CCN(C(=O)CN(C)C(=O)c2csc(Nc3cc(Cl)ccc3Cl)n2)CC1. The van der Waals surface area contributed by atoms with Crippen molar-refractivity contribution in [3.8, 4) is 0 Å². The Bertz CT molecular complexity index is 883. The maximum Gasteiger partial charge on any atom is 0.273 e. The van der Waals surface area contributed by atoms with Crippen molar-refractivity contribution in [2.45, 2.75) is 6.92 Å². The van der Waals surface area contributed by atoms with E-state index in [0.717, 1.165) is 19.6 Å². The number of nitrogens with one attached hydrogen (secondary N) is 1. The van der Waals surface area contributed by atoms with Gasteiger partial charge in [0.1, 0.15) is 5.69 Å². The number of aromatic nitrogens is 1. The summed E-state index contributed by atoms with van der Waals surface area (Å²) in [5.74, 6) is -0.345. The highest BCUT2D eigenvalue weighted by Gasteiger charge is 2.24. The van der Waals surface area contributed by atoms with Crippen molar-refractivity contribution in [1.29, 1.82) is 0 Å². The second-order valence-electron chi connectivity index (χ2n) is 6.76. The van der Waals surface area contributed by atoms with Crippen LogP contribution in [0.2, 0.25) is 10.0 Å². The van der Waals surface area contributed by atoms with Crippen molar-refractivity contribution in [2.75, 3.05) is 51.6 Å². The molecular formula is C19H23Cl2N5O2S. The fourth-order valence-electron chi connectivity index (χ4n) is 3.02. The molecule has 1 aliphatic rings. The smallest absolute Gasteiger partial charge is 0.273 e. The number of thiazole rings is 1. The van der Waals surface area contributed by atoms with E-state index >= 15 is 0 Å². The van der Waals surface area contributed by atoms with Gasteiger partial charge in [-0.3, -0.25) is 9.59 Å². The first-order valence-electron chi connectivity index (χ1n) is 9.30. The average Bonchev–Trinajstić information content (AvgIpc) is 3.18. The summed E-state index contributed by atoms with van der Waals surface area (Å²) in [6, 6.07) is 5.07. The van der Waals surface area contributed by atoms with E-state index in [2.05, 4.69) is 22.1 Å². The van der Waals surface area contributed by atoms with Crippen molar-refractivity contribution in [3.05, 3.63) is 39.3 Å². The number of amides is 2. The van der Waals surface area contributed by atoms with Crippen LogP contribution >= 0.6 is 34.5 Å². The molecule has 0 unspecified atom stereocenters. The van der Waals surface area contributed by atoms with Crippen molar-refractivity contribution in [2.24, 2.45) is 0 Å². The van der Waals surface area contributed by atoms with Crippen molar-refractivity contribution < 1.29 is 9.59 Å². The lowest BCUT2D eigenvalue weighted by Crippen LogP contribution is -2.51. The molecule has 0 atom stereocenters. The first kappa shape index (κ1) is 21.8. The van der Waals surface area contributed by atoms with Crippen LogP contribution in [0, 0.1) is 0 Å². The highest BCUT2D eigenvalue weighted by atomic mass is 35.5. The Balaban J connectivity index is 1.57. The molecule has 0 bridgehead atoms. The number of carbonyl (C=O) groups is 2. The zero-order valence-electron chi connectivity index (χ0n) is 16.3. The van der Waals surface area contributed by atoms with Crippen LogP contribution in [0.25, 0.3) is 0 Å². The zero-order valence-corrected chi connectivity index (χ0v) is 18.6. The Morgan fingerprint density at radius 1 is 1.24 bits per heavy atom. The number of hydrogen-bond donors (Lipinski definition) is 1. The van der Waals surface area contributed by atoms with Crippen LogP contribution in [-0.4, -0.2) is 77.8 Å². The minimum Gasteiger partial charge on any atom is -0.339 e. The lowest BCUT2D eigenvalue weighted by molar-refractivity contribution is -0.133. The molecule has 29 heavy (non-hydrogen) atoms. The molecule has 0 radical (unpaired) electrons. The molecule has 156 valence electrons. The molecule has 2 amide bonds. The number of rotatable bonds is 6. The Labute approximate surface area is 184 Å². The van der Waals surface area contributed by atoms with Crippen LogP contribution in [0.15, 0.2) is 23.6 Å². The standard InChI is InChI=1S/C19H23Cl2N5O2S/c1-3-25-6-8-26(9-7-25)17(27)11-24(2)18(28)16-12-29-19(23-16)22-15-10-13(20)4-5-14(15)21/h4-5,10,12H,3,6-9,11H2,1-2H3,(H,22,23). The first-order valence-corrected chi connectivity index (χ1v) is 10.9. The molecule has 0 aliphatic carbocycles. The van der Waals surface area contributed by atoms with E-state index in [-0.39, 0.29) is 24.1 Å². The third-order valence-electron chi connectivity index (χ3n) is 4.78. The van der Waals surface area contributed by atoms with Gasteiger partial charge in [-0.1, -0.05) is 30.1 Å². The normalized spacial score (nSPS) is 14.7. The largest absolute Gasteiger partial charge is 0.339 e. The Hall–Kier alpha value is -1.87. The highest BCUT2D eigenvalue weighted by Crippen LogP contribution is 2.29. The van der Waals surface area contributed by atoms with E-state index in [4.69, 9.17) is 23.2 Å². The summed E-state index contributed by atoms with van der Waals surface area (Å²) < 4.78 is 0. The molecule has 7 nitrogen and oxygen atoms in total. The number of hydrogen-bond acceptors (Lipinski definition) is 6. The molecule has 10 heteroatoms. The highest BCUT2D eigenvalue weighted by molar-refractivity contribution is 7.14. The van der Waals surface area contributed by atoms with Gasteiger partial charge in [-0.05, 0) is 24.7 Å².